The Morgan fingerprint density at radius 1 is 0.900 bits per heavy atom. The molecule has 0 unspecified atom stereocenters. The third-order valence-electron chi connectivity index (χ3n) is 3.02. The Hall–Kier alpha value is -2.24. The summed E-state index contributed by atoms with van der Waals surface area (Å²) in [6, 6.07) is 8.79. The predicted molar refractivity (Wildman–Crippen MR) is 65.4 cm³/mol. The van der Waals surface area contributed by atoms with Gasteiger partial charge >= 0.3 is 22.6 Å². The molecule has 0 spiro atoms. The molecule has 105 valence electrons. The first-order valence-electron chi connectivity index (χ1n) is 5.56. The Labute approximate surface area is 124 Å². The summed E-state index contributed by atoms with van der Waals surface area (Å²) in [6.07, 6.45) is 0. The maximum Gasteiger partial charge on any atom is 2.00 e. The van der Waals surface area contributed by atoms with E-state index in [9.17, 15) is 15.5 Å². The third kappa shape index (κ3) is 1.79. The molecular formula is C13H9CuN2O4+. The number of hydrogen-bond acceptors (Lipinski definition) is 4. The number of nitrogens with zero attached hydrogens (tertiary/aromatic N) is 2. The summed E-state index contributed by atoms with van der Waals surface area (Å²) >= 11 is 0. The molecule has 2 aromatic carbocycles. The van der Waals surface area contributed by atoms with Gasteiger partial charge in [0.05, 0.1) is 7.11 Å². The first-order chi connectivity index (χ1) is 9.15. The van der Waals surface area contributed by atoms with Gasteiger partial charge in [-0.1, -0.05) is 18.2 Å². The Morgan fingerprint density at radius 2 is 1.45 bits per heavy atom. The molecule has 3 aromatic rings. The van der Waals surface area contributed by atoms with E-state index < -0.39 is 5.75 Å². The summed E-state index contributed by atoms with van der Waals surface area (Å²) < 4.78 is 6.12. The van der Waals surface area contributed by atoms with Crippen LogP contribution in [0.25, 0.3) is 22.1 Å². The molecule has 0 bridgehead atoms. The molecule has 0 N–H and O–H groups in total. The quantitative estimate of drug-likeness (QED) is 0.280. The summed E-state index contributed by atoms with van der Waals surface area (Å²) in [7, 11) is 1.41. The van der Waals surface area contributed by atoms with E-state index in [1.54, 1.807) is 12.1 Å². The van der Waals surface area contributed by atoms with Crippen LogP contribution in [0, 0.1) is 10.4 Å². The van der Waals surface area contributed by atoms with Crippen LogP contribution < -0.4 is 19.3 Å². The molecule has 0 aliphatic heterocycles. The molecule has 1 heterocycles. The minimum atomic E-state index is -0.484. The van der Waals surface area contributed by atoms with Crippen molar-refractivity contribution in [1.29, 1.82) is 0 Å². The van der Waals surface area contributed by atoms with Gasteiger partial charge in [0.25, 0.3) is 16.6 Å². The Bertz CT molecular complexity index is 807. The van der Waals surface area contributed by atoms with Crippen molar-refractivity contribution in [3.8, 4) is 11.5 Å². The van der Waals surface area contributed by atoms with Crippen molar-refractivity contribution in [1.82, 2.24) is 0 Å². The summed E-state index contributed by atoms with van der Waals surface area (Å²) in [6.45, 7) is 0. The Kier molecular flexibility index (Phi) is 3.57. The van der Waals surface area contributed by atoms with Gasteiger partial charge in [0.1, 0.15) is 0 Å². The van der Waals surface area contributed by atoms with Crippen molar-refractivity contribution >= 4 is 22.1 Å². The fraction of sp³-hybridized carbons (Fsp3) is 0.0769. The minimum absolute atomic E-state index is 0. The molecule has 1 radical (unpaired) electrons. The van der Waals surface area contributed by atoms with E-state index in [0.717, 1.165) is 0 Å². The zero-order valence-corrected chi connectivity index (χ0v) is 11.2. The summed E-state index contributed by atoms with van der Waals surface area (Å²) in [5, 5.41) is 36.3. The van der Waals surface area contributed by atoms with Crippen molar-refractivity contribution < 1.29 is 36.4 Å². The second-order valence-corrected chi connectivity index (χ2v) is 4.04. The summed E-state index contributed by atoms with van der Waals surface area (Å²) in [4.78, 5) is 0. The zero-order valence-electron chi connectivity index (χ0n) is 10.3. The molecule has 3 rings (SSSR count). The molecule has 0 aliphatic rings. The molecule has 0 saturated heterocycles. The topological polar surface area (TPSA) is 86.2 Å². The van der Waals surface area contributed by atoms with E-state index >= 15 is 0 Å². The largest absolute Gasteiger partial charge is 2.00 e. The van der Waals surface area contributed by atoms with Crippen molar-refractivity contribution in [2.45, 2.75) is 0 Å². The molecule has 0 atom stereocenters. The Morgan fingerprint density at radius 3 is 2.10 bits per heavy atom. The van der Waals surface area contributed by atoms with Gasteiger partial charge in [-0.05, 0) is 11.8 Å². The second kappa shape index (κ2) is 5.03. The van der Waals surface area contributed by atoms with Crippen LogP contribution in [-0.4, -0.2) is 7.11 Å². The number of rotatable bonds is 1. The SMILES string of the molecule is COc1cccc2c1[n+]([O-])c1cccc([O-])c1[n+]2[O-].[Cu+2]. The van der Waals surface area contributed by atoms with Gasteiger partial charge in [-0.2, -0.15) is 9.46 Å². The molecule has 1 aromatic heterocycles. The maximum absolute atomic E-state index is 12.3. The number of aromatic nitrogens is 2. The van der Waals surface area contributed by atoms with Crippen molar-refractivity contribution in [2.24, 2.45) is 0 Å². The molecule has 20 heavy (non-hydrogen) atoms. The van der Waals surface area contributed by atoms with Crippen LogP contribution in [0.5, 0.6) is 11.5 Å². The average Bonchev–Trinajstić information content (AvgIpc) is 2.43. The van der Waals surface area contributed by atoms with Gasteiger partial charge in [0.15, 0.2) is 5.75 Å². The molecule has 0 aliphatic carbocycles. The van der Waals surface area contributed by atoms with E-state index in [2.05, 4.69) is 0 Å². The monoisotopic (exact) mass is 320 g/mol. The number of para-hydroxylation sites is 2. The van der Waals surface area contributed by atoms with Gasteiger partial charge in [-0.15, -0.1) is 0 Å². The molecule has 0 amide bonds. The van der Waals surface area contributed by atoms with E-state index in [4.69, 9.17) is 4.74 Å². The van der Waals surface area contributed by atoms with E-state index in [1.165, 1.54) is 31.4 Å². The minimum Gasteiger partial charge on any atom is -0.868 e. The van der Waals surface area contributed by atoms with Crippen molar-refractivity contribution in [2.75, 3.05) is 7.11 Å². The predicted octanol–water partition coefficient (Wildman–Crippen LogP) is 0.339. The van der Waals surface area contributed by atoms with Crippen molar-refractivity contribution in [3.63, 3.8) is 0 Å². The first-order valence-corrected chi connectivity index (χ1v) is 5.56. The van der Waals surface area contributed by atoms with Gasteiger partial charge in [0, 0.05) is 12.1 Å². The van der Waals surface area contributed by atoms with Gasteiger partial charge < -0.3 is 20.3 Å². The summed E-state index contributed by atoms with van der Waals surface area (Å²) in [5.41, 5.74) is 0.0704. The first kappa shape index (κ1) is 14.2. The molecule has 6 nitrogen and oxygen atoms in total. The molecule has 0 saturated carbocycles. The number of ether oxygens (including phenoxy) is 1. The standard InChI is InChI=1S/C13H10N2O4.Cu/c1-19-11-7-3-5-9-13(11)15(18)8-4-2-6-10(16)12(8)14(9)17;/h2-7,16H,1H3;/q;+2/p-1. The van der Waals surface area contributed by atoms with E-state index in [1.807, 2.05) is 0 Å². The zero-order chi connectivity index (χ0) is 13.6. The fourth-order valence-corrected chi connectivity index (χ4v) is 2.16. The van der Waals surface area contributed by atoms with Crippen LogP contribution in [0.4, 0.5) is 0 Å². The normalized spacial score (nSPS) is 10.4. The van der Waals surface area contributed by atoms with E-state index in [0.29, 0.717) is 9.46 Å². The average molecular weight is 321 g/mol. The van der Waals surface area contributed by atoms with Crippen LogP contribution in [0.15, 0.2) is 36.4 Å². The van der Waals surface area contributed by atoms with Gasteiger partial charge in [-0.3, -0.25) is 0 Å². The smallest absolute Gasteiger partial charge is 0.868 e. The maximum atomic E-state index is 12.3. The third-order valence-corrected chi connectivity index (χ3v) is 3.02. The van der Waals surface area contributed by atoms with Crippen LogP contribution in [0.2, 0.25) is 0 Å². The Balaban J connectivity index is 0.00000147. The van der Waals surface area contributed by atoms with Crippen molar-refractivity contribution in [3.05, 3.63) is 46.8 Å². The van der Waals surface area contributed by atoms with Crippen LogP contribution in [-0.2, 0) is 17.1 Å². The van der Waals surface area contributed by atoms with Gasteiger partial charge in [0.2, 0.25) is 0 Å². The van der Waals surface area contributed by atoms with E-state index in [-0.39, 0.29) is 44.9 Å². The summed E-state index contributed by atoms with van der Waals surface area (Å²) in [5.74, 6) is -0.197. The molecular weight excluding hydrogens is 312 g/mol. The number of methoxy groups -OCH3 is 1. The number of hydrogen-bond donors (Lipinski definition) is 0. The van der Waals surface area contributed by atoms with Crippen LogP contribution in [0.1, 0.15) is 0 Å². The molecule has 7 heteroatoms. The van der Waals surface area contributed by atoms with Crippen LogP contribution in [0.3, 0.4) is 0 Å². The number of benzene rings is 2. The molecule has 0 fully saturated rings. The van der Waals surface area contributed by atoms with Crippen LogP contribution >= 0.6 is 0 Å². The fourth-order valence-electron chi connectivity index (χ4n) is 2.16. The second-order valence-electron chi connectivity index (χ2n) is 4.04. The number of fused-ring (bicyclic) bond motifs is 2. The van der Waals surface area contributed by atoms with Gasteiger partial charge in [-0.25, -0.2) is 0 Å².